The molecule has 2 nitrogen and oxygen atoms in total. The largest absolute Gasteiger partial charge is 0.484 e. The second-order valence-electron chi connectivity index (χ2n) is 6.52. The maximum atomic E-state index is 14.0. The van der Waals surface area contributed by atoms with E-state index < -0.39 is 11.6 Å². The highest BCUT2D eigenvalue weighted by Gasteiger charge is 2.21. The van der Waals surface area contributed by atoms with Gasteiger partial charge < -0.3 is 10.1 Å². The minimum absolute atomic E-state index is 0.0439. The summed E-state index contributed by atoms with van der Waals surface area (Å²) in [6.45, 7) is 6.47. The monoisotopic (exact) mass is 283 g/mol. The number of benzene rings is 1. The summed E-state index contributed by atoms with van der Waals surface area (Å²) in [5, 5.41) is 3.21. The molecule has 4 heteroatoms. The van der Waals surface area contributed by atoms with Crippen molar-refractivity contribution in [2.24, 2.45) is 0 Å². The molecule has 1 N–H and O–H groups in total. The van der Waals surface area contributed by atoms with E-state index in [0.29, 0.717) is 12.1 Å². The van der Waals surface area contributed by atoms with Crippen LogP contribution in [0.25, 0.3) is 0 Å². The molecule has 0 spiro atoms. The Morgan fingerprint density at radius 2 is 1.70 bits per heavy atom. The van der Waals surface area contributed by atoms with Gasteiger partial charge >= 0.3 is 0 Å². The summed E-state index contributed by atoms with van der Waals surface area (Å²) < 4.78 is 33.4. The zero-order chi connectivity index (χ0) is 14.8. The highest BCUT2D eigenvalue weighted by Crippen LogP contribution is 2.29. The van der Waals surface area contributed by atoms with Crippen molar-refractivity contribution in [3.63, 3.8) is 0 Å². The van der Waals surface area contributed by atoms with Crippen LogP contribution in [-0.2, 0) is 6.54 Å². The molecule has 2 rings (SSSR count). The Hall–Kier alpha value is -1.16. The third-order valence-electron chi connectivity index (χ3n) is 3.47. The predicted molar refractivity (Wildman–Crippen MR) is 75.8 cm³/mol. The lowest BCUT2D eigenvalue weighted by molar-refractivity contribution is 0.191. The van der Waals surface area contributed by atoms with E-state index in [0.717, 1.165) is 25.7 Å². The average molecular weight is 283 g/mol. The molecule has 0 aliphatic heterocycles. The van der Waals surface area contributed by atoms with E-state index in [-0.39, 0.29) is 17.4 Å². The van der Waals surface area contributed by atoms with Crippen molar-refractivity contribution >= 4 is 0 Å². The minimum atomic E-state index is -0.609. The summed E-state index contributed by atoms with van der Waals surface area (Å²) in [5.41, 5.74) is 0.500. The van der Waals surface area contributed by atoms with Crippen molar-refractivity contribution in [1.82, 2.24) is 5.32 Å². The van der Waals surface area contributed by atoms with Crippen molar-refractivity contribution in [3.8, 4) is 5.75 Å². The Morgan fingerprint density at radius 1 is 1.15 bits per heavy atom. The molecule has 1 aromatic carbocycles. The molecule has 1 aliphatic carbocycles. The van der Waals surface area contributed by atoms with Gasteiger partial charge in [-0.1, -0.05) is 0 Å². The zero-order valence-electron chi connectivity index (χ0n) is 12.4. The van der Waals surface area contributed by atoms with Gasteiger partial charge in [-0.15, -0.1) is 0 Å². The van der Waals surface area contributed by atoms with E-state index in [2.05, 4.69) is 5.32 Å². The van der Waals surface area contributed by atoms with E-state index in [1.54, 1.807) is 0 Å². The SMILES string of the molecule is CC(C)(C)NCc1cc(F)c(OC2CCCC2)c(F)c1. The van der Waals surface area contributed by atoms with Crippen LogP contribution in [-0.4, -0.2) is 11.6 Å². The maximum Gasteiger partial charge on any atom is 0.191 e. The smallest absolute Gasteiger partial charge is 0.191 e. The Bertz CT molecular complexity index is 439. The Labute approximate surface area is 119 Å². The van der Waals surface area contributed by atoms with Crippen LogP contribution in [0.2, 0.25) is 0 Å². The Kier molecular flexibility index (Phi) is 4.63. The van der Waals surface area contributed by atoms with Gasteiger partial charge in [-0.25, -0.2) is 8.78 Å². The molecule has 0 radical (unpaired) electrons. The van der Waals surface area contributed by atoms with Crippen molar-refractivity contribution in [2.45, 2.75) is 64.6 Å². The molecule has 1 fully saturated rings. The van der Waals surface area contributed by atoms with Gasteiger partial charge in [0.15, 0.2) is 17.4 Å². The first-order valence-corrected chi connectivity index (χ1v) is 7.25. The number of ether oxygens (including phenoxy) is 1. The quantitative estimate of drug-likeness (QED) is 0.895. The standard InChI is InChI=1S/C16H23F2NO/c1-16(2,3)19-10-11-8-13(17)15(14(18)9-11)20-12-6-4-5-7-12/h8-9,12,19H,4-7,10H2,1-3H3. The number of halogens is 2. The highest BCUT2D eigenvalue weighted by atomic mass is 19.1. The molecule has 0 bridgehead atoms. The number of hydrogen-bond acceptors (Lipinski definition) is 2. The van der Waals surface area contributed by atoms with Gasteiger partial charge in [0.25, 0.3) is 0 Å². The van der Waals surface area contributed by atoms with Crippen LogP contribution < -0.4 is 10.1 Å². The van der Waals surface area contributed by atoms with Crippen LogP contribution in [0.4, 0.5) is 8.78 Å². The molecule has 0 amide bonds. The van der Waals surface area contributed by atoms with Crippen LogP contribution in [0.3, 0.4) is 0 Å². The number of nitrogens with one attached hydrogen (secondary N) is 1. The fourth-order valence-corrected chi connectivity index (χ4v) is 2.37. The summed E-state index contributed by atoms with van der Waals surface area (Å²) >= 11 is 0. The fraction of sp³-hybridized carbons (Fsp3) is 0.625. The molecule has 112 valence electrons. The molecule has 1 aromatic rings. The van der Waals surface area contributed by atoms with E-state index >= 15 is 0 Å². The van der Waals surface area contributed by atoms with Crippen molar-refractivity contribution in [1.29, 1.82) is 0 Å². The van der Waals surface area contributed by atoms with E-state index in [1.807, 2.05) is 20.8 Å². The van der Waals surface area contributed by atoms with Crippen molar-refractivity contribution in [3.05, 3.63) is 29.3 Å². The van der Waals surface area contributed by atoms with Crippen molar-refractivity contribution in [2.75, 3.05) is 0 Å². The zero-order valence-corrected chi connectivity index (χ0v) is 12.4. The maximum absolute atomic E-state index is 14.0. The summed E-state index contributed by atoms with van der Waals surface area (Å²) in [4.78, 5) is 0. The topological polar surface area (TPSA) is 21.3 Å². The van der Waals surface area contributed by atoms with Crippen LogP contribution in [0, 0.1) is 11.6 Å². The number of rotatable bonds is 4. The van der Waals surface area contributed by atoms with Gasteiger partial charge in [-0.3, -0.25) is 0 Å². The lowest BCUT2D eigenvalue weighted by Gasteiger charge is -2.21. The van der Waals surface area contributed by atoms with Gasteiger partial charge in [-0.05, 0) is 64.2 Å². The Balaban J connectivity index is 2.07. The van der Waals surface area contributed by atoms with Gasteiger partial charge in [0, 0.05) is 12.1 Å². The summed E-state index contributed by atoms with van der Waals surface area (Å²) in [6, 6.07) is 2.71. The summed E-state index contributed by atoms with van der Waals surface area (Å²) in [7, 11) is 0. The first-order chi connectivity index (χ1) is 9.35. The second-order valence-corrected chi connectivity index (χ2v) is 6.52. The molecular weight excluding hydrogens is 260 g/mol. The third-order valence-corrected chi connectivity index (χ3v) is 3.47. The third kappa shape index (κ3) is 4.17. The molecule has 0 unspecified atom stereocenters. The van der Waals surface area contributed by atoms with Crippen LogP contribution >= 0.6 is 0 Å². The van der Waals surface area contributed by atoms with Crippen LogP contribution in [0.1, 0.15) is 52.0 Å². The molecule has 1 saturated carbocycles. The average Bonchev–Trinajstić information content (AvgIpc) is 2.83. The Morgan fingerprint density at radius 3 is 2.20 bits per heavy atom. The van der Waals surface area contributed by atoms with Gasteiger partial charge in [0.2, 0.25) is 0 Å². The van der Waals surface area contributed by atoms with Gasteiger partial charge in [0.05, 0.1) is 6.10 Å². The molecule has 20 heavy (non-hydrogen) atoms. The molecule has 0 heterocycles. The minimum Gasteiger partial charge on any atom is -0.484 e. The normalized spacial score (nSPS) is 16.6. The summed E-state index contributed by atoms with van der Waals surface area (Å²) in [6.07, 6.45) is 3.86. The first-order valence-electron chi connectivity index (χ1n) is 7.25. The molecular formula is C16H23F2NO. The van der Waals surface area contributed by atoms with E-state index in [1.165, 1.54) is 12.1 Å². The predicted octanol–water partition coefficient (Wildman–Crippen LogP) is 4.17. The lowest BCUT2D eigenvalue weighted by atomic mass is 10.1. The van der Waals surface area contributed by atoms with Gasteiger partial charge in [0.1, 0.15) is 0 Å². The second kappa shape index (κ2) is 6.08. The first kappa shape index (κ1) is 15.2. The highest BCUT2D eigenvalue weighted by molar-refractivity contribution is 5.31. The van der Waals surface area contributed by atoms with E-state index in [9.17, 15) is 8.78 Å². The number of hydrogen-bond donors (Lipinski definition) is 1. The van der Waals surface area contributed by atoms with Crippen LogP contribution in [0.5, 0.6) is 5.75 Å². The van der Waals surface area contributed by atoms with Gasteiger partial charge in [-0.2, -0.15) is 0 Å². The molecule has 1 aliphatic rings. The molecule has 0 aromatic heterocycles. The van der Waals surface area contributed by atoms with E-state index in [4.69, 9.17) is 4.74 Å². The van der Waals surface area contributed by atoms with Crippen LogP contribution in [0.15, 0.2) is 12.1 Å². The van der Waals surface area contributed by atoms with Crippen molar-refractivity contribution < 1.29 is 13.5 Å². The molecule has 0 saturated heterocycles. The fourth-order valence-electron chi connectivity index (χ4n) is 2.37. The molecule has 0 atom stereocenters. The summed E-state index contributed by atoms with van der Waals surface area (Å²) in [5.74, 6) is -1.44. The lowest BCUT2D eigenvalue weighted by Crippen LogP contribution is -2.35.